The van der Waals surface area contributed by atoms with E-state index in [0.717, 1.165) is 44.2 Å². The molecule has 12 aromatic carbocycles. The molecular weight excluding hydrogens is 681 g/mol. The minimum absolute atomic E-state index is 0.882. The number of fused-ring (bicyclic) bond motifs is 4. The Labute approximate surface area is 320 Å². The molecule has 0 radical (unpaired) electrons. The lowest BCUT2D eigenvalue weighted by atomic mass is 9.81. The minimum Gasteiger partial charge on any atom is -0.456 e. The normalized spacial score (nSPS) is 12.8. The van der Waals surface area contributed by atoms with Gasteiger partial charge in [-0.3, -0.25) is 0 Å². The Balaban J connectivity index is 1.14. The first-order valence-electron chi connectivity index (χ1n) is 19.5. The van der Waals surface area contributed by atoms with Crippen LogP contribution in [0.4, 0.5) is 0 Å². The second kappa shape index (κ2) is 9.92. The maximum atomic E-state index is 7.11. The molecule has 2 heterocycles. The Morgan fingerprint density at radius 3 is 1.12 bits per heavy atom. The molecule has 2 aliphatic rings. The van der Waals surface area contributed by atoms with Gasteiger partial charge >= 0.3 is 0 Å². The molecule has 14 rings (SSSR count). The quantitative estimate of drug-likeness (QED) is 0.132. The van der Waals surface area contributed by atoms with Crippen LogP contribution in [-0.4, -0.2) is 0 Å². The Hall–Kier alpha value is -7.16. The molecule has 56 heavy (non-hydrogen) atoms. The number of rotatable bonds is 2. The van der Waals surface area contributed by atoms with Gasteiger partial charge in [-0.1, -0.05) is 109 Å². The lowest BCUT2D eigenvalue weighted by Crippen LogP contribution is -1.98. The van der Waals surface area contributed by atoms with E-state index in [9.17, 15) is 0 Å². The van der Waals surface area contributed by atoms with Crippen molar-refractivity contribution in [2.24, 2.45) is 0 Å². The van der Waals surface area contributed by atoms with Gasteiger partial charge in [0.05, 0.1) is 0 Å². The van der Waals surface area contributed by atoms with Crippen LogP contribution in [0.3, 0.4) is 0 Å². The highest BCUT2D eigenvalue weighted by Gasteiger charge is 2.30. The Bertz CT molecular complexity index is 3690. The predicted octanol–water partition coefficient (Wildman–Crippen LogP) is 15.8. The second-order valence-electron chi connectivity index (χ2n) is 15.9. The van der Waals surface area contributed by atoms with E-state index in [1.54, 1.807) is 0 Å². The highest BCUT2D eigenvalue weighted by atomic mass is 16.3. The van der Waals surface area contributed by atoms with Crippen LogP contribution in [0.15, 0.2) is 154 Å². The molecule has 2 heteroatoms. The molecule has 0 aromatic heterocycles. The van der Waals surface area contributed by atoms with Gasteiger partial charge < -0.3 is 8.83 Å². The van der Waals surface area contributed by atoms with E-state index in [1.165, 1.54) is 109 Å². The van der Waals surface area contributed by atoms with Crippen molar-refractivity contribution < 1.29 is 8.83 Å². The fourth-order valence-corrected chi connectivity index (χ4v) is 10.9. The molecule has 0 amide bonds. The predicted molar refractivity (Wildman–Crippen MR) is 237 cm³/mol. The molecule has 2 aliphatic heterocycles. The highest BCUT2D eigenvalue weighted by Crippen LogP contribution is 2.55. The van der Waals surface area contributed by atoms with Gasteiger partial charge in [-0.25, -0.2) is 0 Å². The molecule has 2 nitrogen and oxygen atoms in total. The summed E-state index contributed by atoms with van der Waals surface area (Å²) in [6, 6.07) is 53.8. The van der Waals surface area contributed by atoms with Gasteiger partial charge in [-0.2, -0.15) is 0 Å². The molecule has 0 N–H and O–H groups in total. The van der Waals surface area contributed by atoms with Crippen molar-refractivity contribution in [2.45, 2.75) is 13.8 Å². The average Bonchev–Trinajstić information content (AvgIpc) is 3.23. The zero-order valence-electron chi connectivity index (χ0n) is 30.7. The third-order valence-electron chi connectivity index (χ3n) is 13.2. The van der Waals surface area contributed by atoms with E-state index in [0.29, 0.717) is 0 Å². The molecule has 258 valence electrons. The van der Waals surface area contributed by atoms with Crippen LogP contribution in [0, 0.1) is 13.8 Å². The highest BCUT2D eigenvalue weighted by molar-refractivity contribution is 6.42. The van der Waals surface area contributed by atoms with Crippen molar-refractivity contribution >= 4 is 109 Å². The molecule has 0 fully saturated rings. The summed E-state index contributed by atoms with van der Waals surface area (Å²) < 4.78 is 14.2. The first-order valence-corrected chi connectivity index (χ1v) is 19.5. The summed E-state index contributed by atoms with van der Waals surface area (Å²) in [6.45, 7) is 4.40. The van der Waals surface area contributed by atoms with Gasteiger partial charge in [-0.05, 0) is 148 Å². The fraction of sp³-hybridized carbons (Fsp3) is 0.0370. The maximum absolute atomic E-state index is 7.11. The van der Waals surface area contributed by atoms with Gasteiger partial charge in [0.1, 0.15) is 22.3 Å². The van der Waals surface area contributed by atoms with Gasteiger partial charge in [0, 0.05) is 32.7 Å². The standard InChI is InChI=1S/C54H30O2/c1-27-9-3-5-11-29(27)31-17-19-39-41-25-45-53-51-43(23-21-37(49(41)51)35-15-7-13-33(31)47(35)39)56-46-26-42-40-20-18-32(30-12-6-4-10-28(30)2)34-14-8-16-36(48(34)40)38-22-24-44(55-45)52(50(38)42)54(46)53/h3-26H,1-2H3. The number of hydrogen-bond acceptors (Lipinski definition) is 2. The number of benzene rings is 12. The van der Waals surface area contributed by atoms with Crippen LogP contribution in [-0.2, 0) is 0 Å². The lowest BCUT2D eigenvalue weighted by molar-refractivity contribution is 0.647. The first kappa shape index (κ1) is 29.2. The summed E-state index contributed by atoms with van der Waals surface area (Å²) in [5, 5.41) is 19.8. The maximum Gasteiger partial charge on any atom is 0.136 e. The topological polar surface area (TPSA) is 26.3 Å². The van der Waals surface area contributed by atoms with Crippen LogP contribution < -0.4 is 0 Å². The molecule has 0 saturated heterocycles. The van der Waals surface area contributed by atoms with E-state index in [1.807, 2.05) is 0 Å². The Morgan fingerprint density at radius 2 is 0.661 bits per heavy atom. The van der Waals surface area contributed by atoms with Crippen molar-refractivity contribution in [1.29, 1.82) is 0 Å². The van der Waals surface area contributed by atoms with E-state index in [4.69, 9.17) is 8.83 Å². The fourth-order valence-electron chi connectivity index (χ4n) is 10.9. The minimum atomic E-state index is 0.882. The monoisotopic (exact) mass is 710 g/mol. The zero-order valence-corrected chi connectivity index (χ0v) is 30.7. The van der Waals surface area contributed by atoms with E-state index >= 15 is 0 Å². The lowest BCUT2D eigenvalue weighted by Gasteiger charge is -2.24. The largest absolute Gasteiger partial charge is 0.456 e. The third-order valence-corrected chi connectivity index (χ3v) is 13.2. The van der Waals surface area contributed by atoms with Crippen molar-refractivity contribution in [3.8, 4) is 33.4 Å². The van der Waals surface area contributed by atoms with E-state index in [-0.39, 0.29) is 0 Å². The first-order chi connectivity index (χ1) is 27.6. The molecule has 0 saturated carbocycles. The Kier molecular flexibility index (Phi) is 5.18. The van der Waals surface area contributed by atoms with Crippen molar-refractivity contribution in [2.75, 3.05) is 0 Å². The van der Waals surface area contributed by atoms with Crippen molar-refractivity contribution in [1.82, 2.24) is 0 Å². The Morgan fingerprint density at radius 1 is 0.268 bits per heavy atom. The van der Waals surface area contributed by atoms with Crippen molar-refractivity contribution in [3.05, 3.63) is 157 Å². The van der Waals surface area contributed by atoms with E-state index in [2.05, 4.69) is 159 Å². The van der Waals surface area contributed by atoms with Crippen molar-refractivity contribution in [3.63, 3.8) is 0 Å². The smallest absolute Gasteiger partial charge is 0.136 e. The zero-order chi connectivity index (χ0) is 36.6. The molecule has 12 aromatic rings. The van der Waals surface area contributed by atoms with Crippen LogP contribution >= 0.6 is 0 Å². The molecule has 0 unspecified atom stereocenters. The average molecular weight is 711 g/mol. The summed E-state index contributed by atoms with van der Waals surface area (Å²) in [5.74, 6) is 0. The molecule has 0 aliphatic carbocycles. The number of aryl methyl sites for hydroxylation is 2. The number of hydrogen-bond donors (Lipinski definition) is 0. The third kappa shape index (κ3) is 3.37. The molecular formula is C54H30O2. The SMILES string of the molecule is Cc1ccccc1-c1ccc2c3cc4oc5ccc6c7cccc8c(-c9ccccc9C)ccc(c9cc%10oc%11ccc(c%12cccc1c%122)c3c%11c4-c%10c5c69)c87. The van der Waals surface area contributed by atoms with Gasteiger partial charge in [0.2, 0.25) is 0 Å². The van der Waals surface area contributed by atoms with Crippen LogP contribution in [0.25, 0.3) is 142 Å². The van der Waals surface area contributed by atoms with Crippen LogP contribution in [0.2, 0.25) is 0 Å². The molecule has 0 bridgehead atoms. The summed E-state index contributed by atoms with van der Waals surface area (Å²) >= 11 is 0. The van der Waals surface area contributed by atoms with Gasteiger partial charge in [0.25, 0.3) is 0 Å². The summed E-state index contributed by atoms with van der Waals surface area (Å²) in [4.78, 5) is 0. The van der Waals surface area contributed by atoms with Crippen LogP contribution in [0.1, 0.15) is 11.1 Å². The summed E-state index contributed by atoms with van der Waals surface area (Å²) in [7, 11) is 0. The summed E-state index contributed by atoms with van der Waals surface area (Å²) in [6.07, 6.45) is 0. The van der Waals surface area contributed by atoms with Crippen LogP contribution in [0.5, 0.6) is 0 Å². The molecule has 0 atom stereocenters. The molecule has 0 spiro atoms. The van der Waals surface area contributed by atoms with E-state index < -0.39 is 0 Å². The van der Waals surface area contributed by atoms with Gasteiger partial charge in [0.15, 0.2) is 0 Å². The van der Waals surface area contributed by atoms with Gasteiger partial charge in [-0.15, -0.1) is 0 Å². The second-order valence-corrected chi connectivity index (χ2v) is 15.9. The summed E-state index contributed by atoms with van der Waals surface area (Å²) in [5.41, 5.74) is 13.5.